The molecule has 2 aliphatic rings. The molecule has 0 bridgehead atoms. The fourth-order valence-corrected chi connectivity index (χ4v) is 6.53. The number of hydrogen-bond acceptors (Lipinski definition) is 8. The molecule has 0 aromatic heterocycles. The topological polar surface area (TPSA) is 180 Å². The molecule has 1 aliphatic carbocycles. The number of amides is 5. The fourth-order valence-electron chi connectivity index (χ4n) is 6.53. The molecular weight excluding hydrogens is 630 g/mol. The van der Waals surface area contributed by atoms with Gasteiger partial charge in [-0.3, -0.25) is 28.8 Å². The Kier molecular flexibility index (Phi) is 15.2. The van der Waals surface area contributed by atoms with Crippen LogP contribution in [0.1, 0.15) is 97.6 Å². The van der Waals surface area contributed by atoms with Gasteiger partial charge < -0.3 is 30.9 Å². The molecule has 1 heterocycles. The number of rotatable bonds is 16. The Labute approximate surface area is 289 Å². The number of alkyl carbamates (subject to hydrolysis) is 1. The third-order valence-electron chi connectivity index (χ3n) is 9.15. The van der Waals surface area contributed by atoms with Crippen LogP contribution in [-0.2, 0) is 33.5 Å². The molecule has 13 nitrogen and oxygen atoms in total. The van der Waals surface area contributed by atoms with E-state index in [0.29, 0.717) is 24.9 Å². The maximum atomic E-state index is 14.1. The summed E-state index contributed by atoms with van der Waals surface area (Å²) in [5.41, 5.74) is 0.581. The number of nitrogens with zero attached hydrogens (tertiary/aromatic N) is 1. The molecule has 3 rings (SSSR count). The number of Topliss-reactive ketones (excluding diaryl/α,β-unsaturated/α-hetero) is 2. The minimum absolute atomic E-state index is 0.0961. The Morgan fingerprint density at radius 3 is 2.20 bits per heavy atom. The molecule has 5 atom stereocenters. The lowest BCUT2D eigenvalue weighted by atomic mass is 9.83. The number of hydrogen-bond donors (Lipinski definition) is 4. The fraction of sp³-hybridized carbons (Fsp3) is 0.639. The number of ketones is 2. The third-order valence-corrected chi connectivity index (χ3v) is 9.15. The van der Waals surface area contributed by atoms with E-state index in [1.54, 1.807) is 37.3 Å². The zero-order valence-electron chi connectivity index (χ0n) is 29.4. The predicted molar refractivity (Wildman–Crippen MR) is 182 cm³/mol. The van der Waals surface area contributed by atoms with Gasteiger partial charge in [0.25, 0.3) is 5.91 Å². The summed E-state index contributed by atoms with van der Waals surface area (Å²) in [5, 5.41) is 10.4. The highest BCUT2D eigenvalue weighted by Gasteiger charge is 2.45. The minimum atomic E-state index is -1.18. The molecule has 1 aliphatic heterocycles. The van der Waals surface area contributed by atoms with Crippen LogP contribution < -0.4 is 21.3 Å². The predicted octanol–water partition coefficient (Wildman–Crippen LogP) is 2.97. The zero-order valence-corrected chi connectivity index (χ0v) is 29.4. The van der Waals surface area contributed by atoms with E-state index in [2.05, 4.69) is 21.3 Å². The second-order valence-electron chi connectivity index (χ2n) is 13.7. The summed E-state index contributed by atoms with van der Waals surface area (Å²) in [6.45, 7) is 8.79. The van der Waals surface area contributed by atoms with Gasteiger partial charge in [0, 0.05) is 6.54 Å². The number of benzene rings is 1. The summed E-state index contributed by atoms with van der Waals surface area (Å²) < 4.78 is 5.33. The van der Waals surface area contributed by atoms with E-state index in [4.69, 9.17) is 4.74 Å². The van der Waals surface area contributed by atoms with Gasteiger partial charge in [-0.05, 0) is 55.9 Å². The molecule has 4 N–H and O–H groups in total. The standard InChI is InChI=1S/C36H53N5O8/c1-6-13-27(32(44)34(46)37-20-28(43)39-29(24(5)42)25-14-9-7-10-15-25)38-33(45)31-23(4)18-19-41(31)35(47)30(26-16-11-8-12-17-26)40-36(48)49-21-22(2)3/h7,9-10,14-15,22-23,26-27,29-31H,6,8,11-13,16-21H2,1-5H3,(H,37,46)(H,38,45)(H,39,43)(H,40,48)/t23-,27?,29+,30-,31-/m0/s1. The van der Waals surface area contributed by atoms with Gasteiger partial charge >= 0.3 is 6.09 Å². The molecule has 1 unspecified atom stereocenters. The lowest BCUT2D eigenvalue weighted by molar-refractivity contribution is -0.144. The first kappa shape index (κ1) is 39.2. The van der Waals surface area contributed by atoms with E-state index < -0.39 is 60.3 Å². The minimum Gasteiger partial charge on any atom is -0.449 e. The number of ether oxygens (including phenoxy) is 1. The monoisotopic (exact) mass is 683 g/mol. The van der Waals surface area contributed by atoms with Crippen LogP contribution in [-0.4, -0.2) is 84.0 Å². The van der Waals surface area contributed by atoms with Gasteiger partial charge in [-0.15, -0.1) is 0 Å². The second-order valence-corrected chi connectivity index (χ2v) is 13.7. The van der Waals surface area contributed by atoms with Gasteiger partial charge in [0.05, 0.1) is 19.2 Å². The van der Waals surface area contributed by atoms with Gasteiger partial charge in [0.15, 0.2) is 5.78 Å². The lowest BCUT2D eigenvalue weighted by Crippen LogP contribution is -2.59. The number of carbonyl (C=O) groups excluding carboxylic acids is 7. The molecule has 270 valence electrons. The van der Waals surface area contributed by atoms with Crippen LogP contribution in [0.2, 0.25) is 0 Å². The van der Waals surface area contributed by atoms with E-state index in [9.17, 15) is 33.6 Å². The van der Waals surface area contributed by atoms with Gasteiger partial charge in [-0.2, -0.15) is 0 Å². The second kappa shape index (κ2) is 19.0. The van der Waals surface area contributed by atoms with Gasteiger partial charge in [0.1, 0.15) is 18.1 Å². The third kappa shape index (κ3) is 11.4. The summed E-state index contributed by atoms with van der Waals surface area (Å²) in [6.07, 6.45) is 4.97. The summed E-state index contributed by atoms with van der Waals surface area (Å²) in [7, 11) is 0. The molecule has 0 radical (unpaired) electrons. The maximum absolute atomic E-state index is 14.1. The highest BCUT2D eigenvalue weighted by atomic mass is 16.5. The Bertz CT molecular complexity index is 1330. The van der Waals surface area contributed by atoms with Crippen LogP contribution in [0, 0.1) is 17.8 Å². The van der Waals surface area contributed by atoms with E-state index in [1.165, 1.54) is 11.8 Å². The molecule has 1 saturated heterocycles. The zero-order chi connectivity index (χ0) is 36.1. The van der Waals surface area contributed by atoms with Crippen molar-refractivity contribution in [3.8, 4) is 0 Å². The Morgan fingerprint density at radius 1 is 0.918 bits per heavy atom. The number of nitrogens with one attached hydrogen (secondary N) is 4. The number of likely N-dealkylation sites (tertiary alicyclic amines) is 1. The SMILES string of the molecule is CCCC(NC(=O)[C@@H]1[C@@H](C)CCN1C(=O)[C@@H](NC(=O)OCC(C)C)C1CCCCC1)C(=O)C(=O)NCC(=O)N[C@H](C(C)=O)c1ccccc1. The van der Waals surface area contributed by atoms with E-state index in [1.807, 2.05) is 20.8 Å². The Balaban J connectivity index is 1.67. The average Bonchev–Trinajstić information content (AvgIpc) is 3.48. The first-order valence-electron chi connectivity index (χ1n) is 17.5. The Morgan fingerprint density at radius 2 is 1.59 bits per heavy atom. The van der Waals surface area contributed by atoms with Crippen molar-refractivity contribution in [1.29, 1.82) is 0 Å². The van der Waals surface area contributed by atoms with E-state index in [-0.39, 0.29) is 42.5 Å². The van der Waals surface area contributed by atoms with Crippen molar-refractivity contribution in [3.05, 3.63) is 35.9 Å². The summed E-state index contributed by atoms with van der Waals surface area (Å²) in [4.78, 5) is 92.9. The largest absolute Gasteiger partial charge is 0.449 e. The van der Waals surface area contributed by atoms with Crippen LogP contribution in [0.5, 0.6) is 0 Å². The molecule has 1 saturated carbocycles. The molecule has 0 spiro atoms. The van der Waals surface area contributed by atoms with Crippen LogP contribution in [0.15, 0.2) is 30.3 Å². The van der Waals surface area contributed by atoms with Crippen molar-refractivity contribution in [3.63, 3.8) is 0 Å². The van der Waals surface area contributed by atoms with Crippen molar-refractivity contribution in [1.82, 2.24) is 26.2 Å². The molecule has 1 aromatic carbocycles. The van der Waals surface area contributed by atoms with E-state index >= 15 is 0 Å². The number of carbonyl (C=O) groups is 7. The van der Waals surface area contributed by atoms with Crippen LogP contribution >= 0.6 is 0 Å². The van der Waals surface area contributed by atoms with Crippen LogP contribution in [0.4, 0.5) is 4.79 Å². The summed E-state index contributed by atoms with van der Waals surface area (Å²) >= 11 is 0. The normalized spacial score (nSPS) is 19.7. The Hall–Kier alpha value is -4.29. The maximum Gasteiger partial charge on any atom is 0.407 e. The van der Waals surface area contributed by atoms with Gasteiger partial charge in [-0.25, -0.2) is 4.79 Å². The highest BCUT2D eigenvalue weighted by Crippen LogP contribution is 2.31. The van der Waals surface area contributed by atoms with Crippen molar-refractivity contribution < 1.29 is 38.3 Å². The first-order valence-corrected chi connectivity index (χ1v) is 17.5. The smallest absolute Gasteiger partial charge is 0.407 e. The molecule has 13 heteroatoms. The van der Waals surface area contributed by atoms with E-state index in [0.717, 1.165) is 32.1 Å². The summed E-state index contributed by atoms with van der Waals surface area (Å²) in [5.74, 6) is -4.07. The first-order chi connectivity index (χ1) is 23.3. The highest BCUT2D eigenvalue weighted by molar-refractivity contribution is 6.38. The molecule has 49 heavy (non-hydrogen) atoms. The quantitative estimate of drug-likeness (QED) is 0.192. The molecule has 5 amide bonds. The summed E-state index contributed by atoms with van der Waals surface area (Å²) in [6, 6.07) is 4.79. The van der Waals surface area contributed by atoms with Crippen LogP contribution in [0.3, 0.4) is 0 Å². The van der Waals surface area contributed by atoms with Crippen molar-refractivity contribution >= 4 is 41.3 Å². The van der Waals surface area contributed by atoms with Crippen molar-refractivity contribution in [2.24, 2.45) is 17.8 Å². The van der Waals surface area contributed by atoms with Crippen molar-refractivity contribution in [2.45, 2.75) is 110 Å². The average molecular weight is 684 g/mol. The van der Waals surface area contributed by atoms with Crippen molar-refractivity contribution in [2.75, 3.05) is 19.7 Å². The van der Waals surface area contributed by atoms with Gasteiger partial charge in [0.2, 0.25) is 23.5 Å². The molecule has 1 aromatic rings. The lowest BCUT2D eigenvalue weighted by Gasteiger charge is -2.35. The molecular formula is C36H53N5O8. The van der Waals surface area contributed by atoms with Gasteiger partial charge in [-0.1, -0.05) is 83.7 Å². The van der Waals surface area contributed by atoms with Crippen LogP contribution in [0.25, 0.3) is 0 Å². The molecule has 2 fully saturated rings.